The first kappa shape index (κ1) is 18.9. The number of carbonyl (C=O) groups excluding carboxylic acids is 1. The van der Waals surface area contributed by atoms with Crippen molar-refractivity contribution in [2.24, 2.45) is 0 Å². The van der Waals surface area contributed by atoms with E-state index < -0.39 is 0 Å². The van der Waals surface area contributed by atoms with Gasteiger partial charge in [0.15, 0.2) is 0 Å². The highest BCUT2D eigenvalue weighted by Gasteiger charge is 2.28. The molecule has 0 saturated carbocycles. The van der Waals surface area contributed by atoms with Crippen molar-refractivity contribution in [3.05, 3.63) is 28.8 Å². The van der Waals surface area contributed by atoms with Crippen LogP contribution < -0.4 is 4.90 Å². The van der Waals surface area contributed by atoms with Crippen LogP contribution in [0.4, 0.5) is 0 Å². The molecule has 0 aromatic heterocycles. The second-order valence-electron chi connectivity index (χ2n) is 8.88. The number of morpholine rings is 1. The van der Waals surface area contributed by atoms with E-state index in [-0.39, 0.29) is 16.6 Å². The van der Waals surface area contributed by atoms with Gasteiger partial charge in [0.2, 0.25) is 5.78 Å². The monoisotopic (exact) mass is 334 g/mol. The number of ether oxygens (including phenoxy) is 1. The van der Waals surface area contributed by atoms with Crippen molar-refractivity contribution in [3.8, 4) is 5.75 Å². The Kier molecular flexibility index (Phi) is 5.41. The highest BCUT2D eigenvalue weighted by atomic mass is 16.5. The lowest BCUT2D eigenvalue weighted by atomic mass is 9.78. The van der Waals surface area contributed by atoms with Gasteiger partial charge in [0.25, 0.3) is 0 Å². The molecule has 2 N–H and O–H groups in total. The Morgan fingerprint density at radius 2 is 1.50 bits per heavy atom. The van der Waals surface area contributed by atoms with Crippen LogP contribution in [-0.4, -0.2) is 43.7 Å². The first-order valence-corrected chi connectivity index (χ1v) is 8.82. The highest BCUT2D eigenvalue weighted by Crippen LogP contribution is 2.39. The summed E-state index contributed by atoms with van der Waals surface area (Å²) in [6, 6.07) is 3.76. The predicted octanol–water partition coefficient (Wildman–Crippen LogP) is 2.09. The van der Waals surface area contributed by atoms with Crippen LogP contribution in [0.5, 0.6) is 5.75 Å². The molecule has 134 valence electrons. The first-order valence-electron chi connectivity index (χ1n) is 8.82. The minimum Gasteiger partial charge on any atom is -0.507 e. The van der Waals surface area contributed by atoms with E-state index in [2.05, 4.69) is 41.5 Å². The summed E-state index contributed by atoms with van der Waals surface area (Å²) in [5.41, 5.74) is 1.96. The van der Waals surface area contributed by atoms with Crippen LogP contribution in [0.1, 0.15) is 63.0 Å². The molecule has 0 bridgehead atoms. The van der Waals surface area contributed by atoms with Gasteiger partial charge in [0.1, 0.15) is 25.4 Å². The van der Waals surface area contributed by atoms with Crippen LogP contribution in [0.15, 0.2) is 12.1 Å². The lowest BCUT2D eigenvalue weighted by Gasteiger charge is -2.28. The summed E-state index contributed by atoms with van der Waals surface area (Å²) in [4.78, 5) is 14.1. The molecular formula is C20H32NO3+. The molecule has 1 aliphatic rings. The molecule has 2 rings (SSSR count). The molecule has 0 atom stereocenters. The van der Waals surface area contributed by atoms with Crippen molar-refractivity contribution >= 4 is 5.78 Å². The Hall–Kier alpha value is -1.39. The maximum atomic E-state index is 12.8. The Morgan fingerprint density at radius 1 is 1.04 bits per heavy atom. The number of phenolic OH excluding ortho intramolecular Hbond substituents is 1. The van der Waals surface area contributed by atoms with Gasteiger partial charge in [-0.25, -0.2) is 0 Å². The average Bonchev–Trinajstić information content (AvgIpc) is 2.46. The molecule has 0 spiro atoms. The Labute approximate surface area is 145 Å². The van der Waals surface area contributed by atoms with E-state index in [9.17, 15) is 9.90 Å². The zero-order valence-corrected chi connectivity index (χ0v) is 16.0. The largest absolute Gasteiger partial charge is 0.507 e. The summed E-state index contributed by atoms with van der Waals surface area (Å²) < 4.78 is 5.37. The molecular weight excluding hydrogens is 302 g/mol. The Morgan fingerprint density at radius 3 is 1.92 bits per heavy atom. The van der Waals surface area contributed by atoms with E-state index in [4.69, 9.17) is 4.74 Å². The van der Waals surface area contributed by atoms with Crippen LogP contribution in [-0.2, 0) is 15.6 Å². The van der Waals surface area contributed by atoms with Gasteiger partial charge in [-0.1, -0.05) is 41.5 Å². The summed E-state index contributed by atoms with van der Waals surface area (Å²) in [7, 11) is 0. The molecule has 24 heavy (non-hydrogen) atoms. The van der Waals surface area contributed by atoms with Crippen molar-refractivity contribution in [2.75, 3.05) is 32.8 Å². The lowest BCUT2D eigenvalue weighted by Crippen LogP contribution is -3.14. The number of benzene rings is 1. The van der Waals surface area contributed by atoms with Gasteiger partial charge in [0.05, 0.1) is 13.2 Å². The number of carbonyl (C=O) groups is 1. The molecule has 0 unspecified atom stereocenters. The van der Waals surface area contributed by atoms with Crippen molar-refractivity contribution in [1.82, 2.24) is 0 Å². The molecule has 4 nitrogen and oxygen atoms in total. The van der Waals surface area contributed by atoms with Crippen molar-refractivity contribution in [1.29, 1.82) is 0 Å². The van der Waals surface area contributed by atoms with Crippen LogP contribution in [0.25, 0.3) is 0 Å². The number of nitrogens with one attached hydrogen (secondary N) is 1. The van der Waals surface area contributed by atoms with Gasteiger partial charge in [-0.2, -0.15) is 0 Å². The van der Waals surface area contributed by atoms with Crippen molar-refractivity contribution in [3.63, 3.8) is 0 Å². The summed E-state index contributed by atoms with van der Waals surface area (Å²) >= 11 is 0. The maximum absolute atomic E-state index is 12.8. The van der Waals surface area contributed by atoms with Gasteiger partial charge >= 0.3 is 0 Å². The standard InChI is InChI=1S/C20H31NO3/c1-19(2,3)15-11-14(12-16(18(15)23)20(4,5)6)17(22)13-21-7-9-24-10-8-21/h11-12,23H,7-10,13H2,1-6H3/p+1. The normalized spacial score (nSPS) is 17.1. The van der Waals surface area contributed by atoms with E-state index >= 15 is 0 Å². The number of hydrogen-bond acceptors (Lipinski definition) is 3. The molecule has 1 aromatic rings. The molecule has 1 heterocycles. The van der Waals surface area contributed by atoms with E-state index in [1.54, 1.807) is 0 Å². The Balaban J connectivity index is 2.40. The van der Waals surface area contributed by atoms with Crippen LogP contribution in [0, 0.1) is 0 Å². The van der Waals surface area contributed by atoms with Crippen LogP contribution in [0.3, 0.4) is 0 Å². The lowest BCUT2D eigenvalue weighted by molar-refractivity contribution is -0.899. The predicted molar refractivity (Wildman–Crippen MR) is 96.2 cm³/mol. The third-order valence-electron chi connectivity index (χ3n) is 4.66. The number of hydrogen-bond donors (Lipinski definition) is 2. The van der Waals surface area contributed by atoms with E-state index in [0.29, 0.717) is 17.9 Å². The molecule has 4 heteroatoms. The molecule has 1 fully saturated rings. The SMILES string of the molecule is CC(C)(C)c1cc(C(=O)C[NH+]2CCOCC2)cc(C(C)(C)C)c1O. The second kappa shape index (κ2) is 6.85. The van der Waals surface area contributed by atoms with Crippen molar-refractivity contribution < 1.29 is 19.5 Å². The molecule has 1 aliphatic heterocycles. The zero-order valence-electron chi connectivity index (χ0n) is 16.0. The number of phenols is 1. The fourth-order valence-corrected chi connectivity index (χ4v) is 3.10. The third-order valence-corrected chi connectivity index (χ3v) is 4.66. The van der Waals surface area contributed by atoms with Gasteiger partial charge in [-0.3, -0.25) is 4.79 Å². The van der Waals surface area contributed by atoms with Gasteiger partial charge in [0, 0.05) is 16.7 Å². The number of quaternary nitrogens is 1. The van der Waals surface area contributed by atoms with E-state index in [0.717, 1.165) is 37.4 Å². The minimum atomic E-state index is -0.216. The van der Waals surface area contributed by atoms with E-state index in [1.165, 1.54) is 4.90 Å². The number of aromatic hydroxyl groups is 1. The highest BCUT2D eigenvalue weighted by molar-refractivity contribution is 5.97. The van der Waals surface area contributed by atoms with E-state index in [1.807, 2.05) is 12.1 Å². The van der Waals surface area contributed by atoms with Gasteiger partial charge in [-0.15, -0.1) is 0 Å². The fourth-order valence-electron chi connectivity index (χ4n) is 3.10. The average molecular weight is 334 g/mol. The van der Waals surface area contributed by atoms with Crippen LogP contribution in [0.2, 0.25) is 0 Å². The van der Waals surface area contributed by atoms with Gasteiger partial charge < -0.3 is 14.7 Å². The van der Waals surface area contributed by atoms with Gasteiger partial charge in [-0.05, 0) is 23.0 Å². The number of Topliss-reactive ketones (excluding diaryl/α,β-unsaturated/α-hetero) is 1. The summed E-state index contributed by atoms with van der Waals surface area (Å²) in [5, 5.41) is 10.8. The number of ketones is 1. The first-order chi connectivity index (χ1) is 11.0. The van der Waals surface area contributed by atoms with Crippen LogP contribution >= 0.6 is 0 Å². The summed E-state index contributed by atoms with van der Waals surface area (Å²) in [6.45, 7) is 16.1. The minimum absolute atomic E-state index is 0.142. The molecule has 0 radical (unpaired) electrons. The molecule has 1 aromatic carbocycles. The third kappa shape index (κ3) is 4.37. The maximum Gasteiger partial charge on any atom is 0.216 e. The summed E-state index contributed by atoms with van der Waals surface area (Å²) in [5.74, 6) is 0.466. The summed E-state index contributed by atoms with van der Waals surface area (Å²) in [6.07, 6.45) is 0. The topological polar surface area (TPSA) is 51.0 Å². The zero-order chi connectivity index (χ0) is 18.1. The van der Waals surface area contributed by atoms with Crippen molar-refractivity contribution in [2.45, 2.75) is 52.4 Å². The smallest absolute Gasteiger partial charge is 0.216 e. The molecule has 1 saturated heterocycles. The quantitative estimate of drug-likeness (QED) is 0.832. The Bertz CT molecular complexity index is 567. The number of rotatable bonds is 3. The fraction of sp³-hybridized carbons (Fsp3) is 0.650. The second-order valence-corrected chi connectivity index (χ2v) is 8.88. The molecule has 0 aliphatic carbocycles. The molecule has 0 amide bonds.